The van der Waals surface area contributed by atoms with Gasteiger partial charge in [-0.3, -0.25) is 4.79 Å². The molecule has 106 valence electrons. The molecule has 1 fully saturated rings. The second-order valence-corrected chi connectivity index (χ2v) is 7.34. The van der Waals surface area contributed by atoms with Gasteiger partial charge in [-0.15, -0.1) is 0 Å². The zero-order chi connectivity index (χ0) is 14.3. The van der Waals surface area contributed by atoms with E-state index in [1.165, 1.54) is 4.90 Å². The first-order valence-electron chi connectivity index (χ1n) is 6.37. The van der Waals surface area contributed by atoms with E-state index in [4.69, 9.17) is 0 Å². The Labute approximate surface area is 116 Å². The van der Waals surface area contributed by atoms with Crippen LogP contribution in [0.3, 0.4) is 0 Å². The molecule has 7 heteroatoms. The number of hydrogen-bond acceptors (Lipinski definition) is 4. The standard InChI is InChI=1S/C13H15N3O3S/c1-16(10-4-5-20(18,19)7-10)13(17)9-2-3-11-12(6-9)15-8-14-11/h2-3,6,8,10H,4-5,7H2,1H3,(H,14,15). The molecule has 1 N–H and O–H groups in total. The summed E-state index contributed by atoms with van der Waals surface area (Å²) in [6, 6.07) is 5.00. The lowest BCUT2D eigenvalue weighted by atomic mass is 10.1. The molecule has 1 unspecified atom stereocenters. The summed E-state index contributed by atoms with van der Waals surface area (Å²) < 4.78 is 23.0. The van der Waals surface area contributed by atoms with Crippen molar-refractivity contribution < 1.29 is 13.2 Å². The van der Waals surface area contributed by atoms with E-state index in [9.17, 15) is 13.2 Å². The van der Waals surface area contributed by atoms with Crippen LogP contribution < -0.4 is 0 Å². The van der Waals surface area contributed by atoms with Crippen LogP contribution in [0.5, 0.6) is 0 Å². The summed E-state index contributed by atoms with van der Waals surface area (Å²) >= 11 is 0. The van der Waals surface area contributed by atoms with Gasteiger partial charge < -0.3 is 9.88 Å². The predicted molar refractivity (Wildman–Crippen MR) is 75.2 cm³/mol. The van der Waals surface area contributed by atoms with Crippen LogP contribution in [0.25, 0.3) is 11.0 Å². The molecule has 1 saturated heterocycles. The van der Waals surface area contributed by atoms with Gasteiger partial charge in [-0.05, 0) is 24.6 Å². The van der Waals surface area contributed by atoms with Crippen molar-refractivity contribution in [1.29, 1.82) is 0 Å². The number of hydrogen-bond donors (Lipinski definition) is 1. The minimum atomic E-state index is -2.99. The topological polar surface area (TPSA) is 83.1 Å². The van der Waals surface area contributed by atoms with E-state index in [0.29, 0.717) is 12.0 Å². The molecule has 0 bridgehead atoms. The number of aromatic amines is 1. The Kier molecular flexibility index (Phi) is 3.01. The largest absolute Gasteiger partial charge is 0.345 e. The second kappa shape index (κ2) is 4.59. The Morgan fingerprint density at radius 1 is 1.45 bits per heavy atom. The van der Waals surface area contributed by atoms with Gasteiger partial charge in [0.05, 0.1) is 28.9 Å². The number of aromatic nitrogens is 2. The van der Waals surface area contributed by atoms with Crippen LogP contribution in [0.2, 0.25) is 0 Å². The molecule has 0 saturated carbocycles. The van der Waals surface area contributed by atoms with Crippen LogP contribution in [0.4, 0.5) is 0 Å². The highest BCUT2D eigenvalue weighted by atomic mass is 32.2. The van der Waals surface area contributed by atoms with Crippen molar-refractivity contribution in [2.45, 2.75) is 12.5 Å². The molecule has 2 aromatic rings. The number of amides is 1. The van der Waals surface area contributed by atoms with Gasteiger partial charge in [0.2, 0.25) is 0 Å². The fourth-order valence-electron chi connectivity index (χ4n) is 2.52. The molecule has 0 spiro atoms. The third kappa shape index (κ3) is 2.29. The highest BCUT2D eigenvalue weighted by Gasteiger charge is 2.33. The molecular formula is C13H15N3O3S. The first kappa shape index (κ1) is 13.1. The van der Waals surface area contributed by atoms with Gasteiger partial charge in [0.1, 0.15) is 0 Å². The number of imidazole rings is 1. The second-order valence-electron chi connectivity index (χ2n) is 5.11. The van der Waals surface area contributed by atoms with Gasteiger partial charge in [-0.2, -0.15) is 0 Å². The molecule has 0 aliphatic carbocycles. The van der Waals surface area contributed by atoms with Crippen LogP contribution in [0, 0.1) is 0 Å². The van der Waals surface area contributed by atoms with Gasteiger partial charge in [0.25, 0.3) is 5.91 Å². The Morgan fingerprint density at radius 2 is 2.25 bits per heavy atom. The smallest absolute Gasteiger partial charge is 0.253 e. The summed E-state index contributed by atoms with van der Waals surface area (Å²) in [5.74, 6) is 0.0553. The highest BCUT2D eigenvalue weighted by molar-refractivity contribution is 7.91. The molecule has 1 aliphatic rings. The molecule has 1 amide bonds. The van der Waals surface area contributed by atoms with Crippen molar-refractivity contribution in [3.8, 4) is 0 Å². The molecule has 6 nitrogen and oxygen atoms in total. The Morgan fingerprint density at radius 3 is 2.95 bits per heavy atom. The zero-order valence-corrected chi connectivity index (χ0v) is 11.9. The van der Waals surface area contributed by atoms with Crippen molar-refractivity contribution in [1.82, 2.24) is 14.9 Å². The van der Waals surface area contributed by atoms with Crippen LogP contribution in [-0.4, -0.2) is 53.8 Å². The number of nitrogens with one attached hydrogen (secondary N) is 1. The fraction of sp³-hybridized carbons (Fsp3) is 0.385. The van der Waals surface area contributed by atoms with Crippen LogP contribution in [0.15, 0.2) is 24.5 Å². The number of nitrogens with zero attached hydrogens (tertiary/aromatic N) is 2. The Balaban J connectivity index is 1.84. The van der Waals surface area contributed by atoms with Gasteiger partial charge in [-0.1, -0.05) is 0 Å². The minimum Gasteiger partial charge on any atom is -0.345 e. The maximum atomic E-state index is 12.4. The maximum Gasteiger partial charge on any atom is 0.253 e. The predicted octanol–water partition coefficient (Wildman–Crippen LogP) is 0.822. The third-order valence-electron chi connectivity index (χ3n) is 3.74. The molecule has 1 aliphatic heterocycles. The Bertz CT molecular complexity index is 766. The summed E-state index contributed by atoms with van der Waals surface area (Å²) in [6.07, 6.45) is 2.09. The van der Waals surface area contributed by atoms with E-state index in [1.807, 2.05) is 0 Å². The van der Waals surface area contributed by atoms with Crippen molar-refractivity contribution in [3.63, 3.8) is 0 Å². The SMILES string of the molecule is CN(C(=O)c1ccc2nc[nH]c2c1)C1CCS(=O)(=O)C1. The molecule has 0 radical (unpaired) electrons. The van der Waals surface area contributed by atoms with Gasteiger partial charge in [0, 0.05) is 18.7 Å². The summed E-state index contributed by atoms with van der Waals surface area (Å²) in [5, 5.41) is 0. The average Bonchev–Trinajstić information content (AvgIpc) is 3.02. The monoisotopic (exact) mass is 293 g/mol. The average molecular weight is 293 g/mol. The normalized spacial score (nSPS) is 21.1. The number of benzene rings is 1. The maximum absolute atomic E-state index is 12.4. The molecule has 3 rings (SSSR count). The van der Waals surface area contributed by atoms with Gasteiger partial charge >= 0.3 is 0 Å². The van der Waals surface area contributed by atoms with Crippen molar-refractivity contribution in [3.05, 3.63) is 30.1 Å². The molecule has 20 heavy (non-hydrogen) atoms. The molecule has 1 aromatic heterocycles. The van der Waals surface area contributed by atoms with E-state index < -0.39 is 9.84 Å². The summed E-state index contributed by atoms with van der Waals surface area (Å²) in [5.41, 5.74) is 2.13. The lowest BCUT2D eigenvalue weighted by Crippen LogP contribution is -2.37. The third-order valence-corrected chi connectivity index (χ3v) is 5.49. The number of carbonyl (C=O) groups is 1. The summed E-state index contributed by atoms with van der Waals surface area (Å²) in [6.45, 7) is 0. The zero-order valence-electron chi connectivity index (χ0n) is 11.0. The quantitative estimate of drug-likeness (QED) is 0.888. The molecular weight excluding hydrogens is 278 g/mol. The molecule has 1 aromatic carbocycles. The van der Waals surface area contributed by atoms with E-state index >= 15 is 0 Å². The fourth-order valence-corrected chi connectivity index (χ4v) is 4.29. The minimum absolute atomic E-state index is 0.0571. The number of H-pyrrole nitrogens is 1. The van der Waals surface area contributed by atoms with E-state index in [2.05, 4.69) is 9.97 Å². The van der Waals surface area contributed by atoms with E-state index in [0.717, 1.165) is 11.0 Å². The first-order chi connectivity index (χ1) is 9.46. The number of sulfone groups is 1. The van der Waals surface area contributed by atoms with Gasteiger partial charge in [-0.25, -0.2) is 13.4 Å². The highest BCUT2D eigenvalue weighted by Crippen LogP contribution is 2.19. The molecule has 1 atom stereocenters. The van der Waals surface area contributed by atoms with Crippen LogP contribution in [0.1, 0.15) is 16.8 Å². The lowest BCUT2D eigenvalue weighted by molar-refractivity contribution is 0.0748. The lowest BCUT2D eigenvalue weighted by Gasteiger charge is -2.23. The molecule has 2 heterocycles. The summed E-state index contributed by atoms with van der Waals surface area (Å²) in [4.78, 5) is 21.0. The van der Waals surface area contributed by atoms with Crippen molar-refractivity contribution >= 4 is 26.8 Å². The van der Waals surface area contributed by atoms with Gasteiger partial charge in [0.15, 0.2) is 9.84 Å². The Hall–Kier alpha value is -1.89. The number of rotatable bonds is 2. The van der Waals surface area contributed by atoms with E-state index in [1.54, 1.807) is 31.6 Å². The summed E-state index contributed by atoms with van der Waals surface area (Å²) in [7, 11) is -1.33. The number of fused-ring (bicyclic) bond motifs is 1. The van der Waals surface area contributed by atoms with E-state index in [-0.39, 0.29) is 23.5 Å². The van der Waals surface area contributed by atoms with Crippen molar-refractivity contribution in [2.75, 3.05) is 18.6 Å². The number of carbonyl (C=O) groups excluding carboxylic acids is 1. The first-order valence-corrected chi connectivity index (χ1v) is 8.19. The van der Waals surface area contributed by atoms with Crippen LogP contribution >= 0.6 is 0 Å². The van der Waals surface area contributed by atoms with Crippen molar-refractivity contribution in [2.24, 2.45) is 0 Å². The van der Waals surface area contributed by atoms with Crippen LogP contribution in [-0.2, 0) is 9.84 Å².